The maximum Gasteiger partial charge on any atom is 0.325 e. The summed E-state index contributed by atoms with van der Waals surface area (Å²) in [4.78, 5) is 12.0. The van der Waals surface area contributed by atoms with E-state index in [1.54, 1.807) is 17.0 Å². The van der Waals surface area contributed by atoms with Gasteiger partial charge in [0.2, 0.25) is 0 Å². The maximum absolute atomic E-state index is 12.0. The zero-order chi connectivity index (χ0) is 15.9. The quantitative estimate of drug-likeness (QED) is 0.750. The van der Waals surface area contributed by atoms with Crippen LogP contribution in [0.15, 0.2) is 85.2 Å². The molecule has 1 heterocycles. The fraction of sp³-hybridized carbons (Fsp3) is 0.150. The van der Waals surface area contributed by atoms with Gasteiger partial charge in [-0.2, -0.15) is 0 Å². The highest BCUT2D eigenvalue weighted by atomic mass is 16.2. The van der Waals surface area contributed by atoms with Crippen molar-refractivity contribution in [1.82, 2.24) is 9.88 Å². The molecule has 0 saturated carbocycles. The summed E-state index contributed by atoms with van der Waals surface area (Å²) >= 11 is 0. The highest BCUT2D eigenvalue weighted by Gasteiger charge is 2.14. The van der Waals surface area contributed by atoms with Gasteiger partial charge in [-0.05, 0) is 29.7 Å². The summed E-state index contributed by atoms with van der Waals surface area (Å²) in [6.45, 7) is 0.630. The van der Waals surface area contributed by atoms with Crippen LogP contribution in [0.2, 0.25) is 0 Å². The van der Waals surface area contributed by atoms with E-state index < -0.39 is 0 Å². The van der Waals surface area contributed by atoms with Gasteiger partial charge in [-0.3, -0.25) is 4.57 Å². The number of amides is 1. The number of nitrogens with one attached hydrogen (secondary N) is 1. The molecule has 0 saturated heterocycles. The second-order valence-corrected chi connectivity index (χ2v) is 5.48. The lowest BCUT2D eigenvalue weighted by atomic mass is 9.88. The summed E-state index contributed by atoms with van der Waals surface area (Å²) in [5.41, 5.74) is 2.54. The summed E-state index contributed by atoms with van der Waals surface area (Å²) < 4.78 is 1.56. The van der Waals surface area contributed by atoms with Crippen LogP contribution >= 0.6 is 0 Å². The molecule has 1 aromatic heterocycles. The number of carbonyl (C=O) groups is 1. The van der Waals surface area contributed by atoms with Gasteiger partial charge in [0.1, 0.15) is 0 Å². The molecule has 1 N–H and O–H groups in total. The van der Waals surface area contributed by atoms with Crippen LogP contribution < -0.4 is 5.32 Å². The highest BCUT2D eigenvalue weighted by Crippen LogP contribution is 2.27. The third-order valence-corrected chi connectivity index (χ3v) is 3.95. The van der Waals surface area contributed by atoms with Crippen molar-refractivity contribution in [2.45, 2.75) is 12.3 Å². The first-order valence-electron chi connectivity index (χ1n) is 7.85. The molecule has 0 spiro atoms. The van der Waals surface area contributed by atoms with Crippen molar-refractivity contribution in [1.29, 1.82) is 0 Å². The third-order valence-electron chi connectivity index (χ3n) is 3.95. The van der Waals surface area contributed by atoms with Crippen LogP contribution in [0.25, 0.3) is 0 Å². The van der Waals surface area contributed by atoms with Crippen molar-refractivity contribution < 1.29 is 4.79 Å². The van der Waals surface area contributed by atoms with Crippen molar-refractivity contribution in [3.63, 3.8) is 0 Å². The summed E-state index contributed by atoms with van der Waals surface area (Å²) in [6, 6.07) is 24.5. The van der Waals surface area contributed by atoms with Crippen molar-refractivity contribution >= 4 is 6.03 Å². The van der Waals surface area contributed by atoms with Crippen LogP contribution in [0.5, 0.6) is 0 Å². The molecule has 0 aliphatic carbocycles. The van der Waals surface area contributed by atoms with E-state index in [1.807, 2.05) is 24.3 Å². The third kappa shape index (κ3) is 3.89. The minimum atomic E-state index is -0.0881. The molecule has 0 fully saturated rings. The number of benzene rings is 2. The summed E-state index contributed by atoms with van der Waals surface area (Å²) in [6.07, 6.45) is 4.36. The van der Waals surface area contributed by atoms with E-state index in [4.69, 9.17) is 0 Å². The molecule has 3 rings (SSSR count). The van der Waals surface area contributed by atoms with Gasteiger partial charge in [-0.25, -0.2) is 4.79 Å². The van der Waals surface area contributed by atoms with Crippen LogP contribution in [0.1, 0.15) is 23.5 Å². The zero-order valence-electron chi connectivity index (χ0n) is 12.9. The molecule has 3 aromatic rings. The normalized spacial score (nSPS) is 10.7. The van der Waals surface area contributed by atoms with Gasteiger partial charge in [0.15, 0.2) is 0 Å². The number of nitrogens with zero attached hydrogens (tertiary/aromatic N) is 1. The zero-order valence-corrected chi connectivity index (χ0v) is 12.9. The SMILES string of the molecule is O=C(NCCC(c1ccccc1)c1ccccc1)n1cccc1. The second-order valence-electron chi connectivity index (χ2n) is 5.48. The Labute approximate surface area is 136 Å². The van der Waals surface area contributed by atoms with Crippen LogP contribution in [0, 0.1) is 0 Å². The first-order chi connectivity index (χ1) is 11.3. The fourth-order valence-electron chi connectivity index (χ4n) is 2.78. The Balaban J connectivity index is 1.69. The maximum atomic E-state index is 12.0. The van der Waals surface area contributed by atoms with Gasteiger partial charge in [0.05, 0.1) is 0 Å². The fourth-order valence-corrected chi connectivity index (χ4v) is 2.78. The van der Waals surface area contributed by atoms with Crippen LogP contribution in [0.3, 0.4) is 0 Å². The predicted octanol–water partition coefficient (Wildman–Crippen LogP) is 4.27. The number of hydrogen-bond donors (Lipinski definition) is 1. The van der Waals surface area contributed by atoms with Crippen LogP contribution in [0.4, 0.5) is 4.79 Å². The first-order valence-corrected chi connectivity index (χ1v) is 7.85. The average molecular weight is 304 g/mol. The molecule has 0 aliphatic rings. The number of rotatable bonds is 5. The van der Waals surface area contributed by atoms with Crippen molar-refractivity contribution in [2.24, 2.45) is 0 Å². The molecular formula is C20H20N2O. The molecular weight excluding hydrogens is 284 g/mol. The minimum absolute atomic E-state index is 0.0881. The molecule has 2 aromatic carbocycles. The number of aromatic nitrogens is 1. The van der Waals surface area contributed by atoms with Crippen molar-refractivity contribution in [3.8, 4) is 0 Å². The molecule has 0 bridgehead atoms. The molecule has 0 unspecified atom stereocenters. The van der Waals surface area contributed by atoms with Gasteiger partial charge in [0, 0.05) is 24.9 Å². The summed E-state index contributed by atoms with van der Waals surface area (Å²) in [7, 11) is 0. The van der Waals surface area contributed by atoms with E-state index >= 15 is 0 Å². The summed E-state index contributed by atoms with van der Waals surface area (Å²) in [5.74, 6) is 0.280. The van der Waals surface area contributed by atoms with E-state index in [2.05, 4.69) is 53.8 Å². The Kier molecular flexibility index (Phi) is 4.89. The van der Waals surface area contributed by atoms with Crippen LogP contribution in [-0.4, -0.2) is 17.1 Å². The van der Waals surface area contributed by atoms with Crippen molar-refractivity contribution in [3.05, 3.63) is 96.3 Å². The monoisotopic (exact) mass is 304 g/mol. The Morgan fingerprint density at radius 3 is 1.87 bits per heavy atom. The smallest absolute Gasteiger partial charge is 0.325 e. The Hall–Kier alpha value is -2.81. The lowest BCUT2D eigenvalue weighted by Crippen LogP contribution is -2.29. The van der Waals surface area contributed by atoms with Crippen molar-refractivity contribution in [2.75, 3.05) is 6.54 Å². The molecule has 0 atom stereocenters. The van der Waals surface area contributed by atoms with E-state index in [0.29, 0.717) is 6.54 Å². The van der Waals surface area contributed by atoms with E-state index in [1.165, 1.54) is 11.1 Å². The Morgan fingerprint density at radius 1 is 0.826 bits per heavy atom. The van der Waals surface area contributed by atoms with Gasteiger partial charge in [-0.1, -0.05) is 60.7 Å². The van der Waals surface area contributed by atoms with Gasteiger partial charge in [0.25, 0.3) is 0 Å². The molecule has 116 valence electrons. The van der Waals surface area contributed by atoms with Gasteiger partial charge in [-0.15, -0.1) is 0 Å². The second kappa shape index (κ2) is 7.45. The number of hydrogen-bond acceptors (Lipinski definition) is 1. The largest absolute Gasteiger partial charge is 0.337 e. The van der Waals surface area contributed by atoms with E-state index in [0.717, 1.165) is 6.42 Å². The summed E-state index contributed by atoms with van der Waals surface area (Å²) in [5, 5.41) is 2.98. The van der Waals surface area contributed by atoms with Crippen LogP contribution in [-0.2, 0) is 0 Å². The molecule has 23 heavy (non-hydrogen) atoms. The van der Waals surface area contributed by atoms with E-state index in [-0.39, 0.29) is 11.9 Å². The Morgan fingerprint density at radius 2 is 1.35 bits per heavy atom. The standard InChI is InChI=1S/C20H20N2O/c23-20(22-15-7-8-16-22)21-14-13-19(17-9-3-1-4-10-17)18-11-5-2-6-12-18/h1-12,15-16,19H,13-14H2,(H,21,23). The topological polar surface area (TPSA) is 34.0 Å². The lowest BCUT2D eigenvalue weighted by molar-refractivity contribution is 0.242. The number of carbonyl (C=O) groups excluding carboxylic acids is 1. The Bertz CT molecular complexity index is 681. The first kappa shape index (κ1) is 15.1. The van der Waals surface area contributed by atoms with Gasteiger partial charge >= 0.3 is 6.03 Å². The molecule has 0 aliphatic heterocycles. The highest BCUT2D eigenvalue weighted by molar-refractivity contribution is 5.76. The minimum Gasteiger partial charge on any atom is -0.337 e. The van der Waals surface area contributed by atoms with E-state index in [9.17, 15) is 4.79 Å². The average Bonchev–Trinajstić information content (AvgIpc) is 3.15. The molecule has 1 amide bonds. The van der Waals surface area contributed by atoms with Gasteiger partial charge < -0.3 is 5.32 Å². The molecule has 3 heteroatoms. The lowest BCUT2D eigenvalue weighted by Gasteiger charge is -2.18. The molecule has 0 radical (unpaired) electrons. The molecule has 3 nitrogen and oxygen atoms in total. The predicted molar refractivity (Wildman–Crippen MR) is 92.6 cm³/mol.